The third kappa shape index (κ3) is 3.05. The van der Waals surface area contributed by atoms with Gasteiger partial charge in [-0.3, -0.25) is 9.36 Å². The van der Waals surface area contributed by atoms with Crippen LogP contribution in [0, 0.1) is 6.92 Å². The third-order valence-electron chi connectivity index (χ3n) is 3.25. The van der Waals surface area contributed by atoms with Crippen LogP contribution in [0.2, 0.25) is 0 Å². The maximum Gasteiger partial charge on any atom is 0.236 e. The van der Waals surface area contributed by atoms with Gasteiger partial charge in [0.25, 0.3) is 0 Å². The summed E-state index contributed by atoms with van der Waals surface area (Å²) in [5, 5.41) is 5.83. The maximum absolute atomic E-state index is 11.5. The van der Waals surface area contributed by atoms with Gasteiger partial charge < -0.3 is 10.6 Å². The molecule has 0 spiro atoms. The van der Waals surface area contributed by atoms with Crippen molar-refractivity contribution in [1.29, 1.82) is 0 Å². The second kappa shape index (κ2) is 6.34. The van der Waals surface area contributed by atoms with E-state index in [1.807, 2.05) is 50.4 Å². The van der Waals surface area contributed by atoms with Crippen molar-refractivity contribution in [3.05, 3.63) is 48.0 Å². The van der Waals surface area contributed by atoms with Crippen molar-refractivity contribution in [1.82, 2.24) is 20.2 Å². The SMILES string of the molecule is CNC(=O)C(C)NCc1cnc(C)n1-c1ccccc1. The Labute approximate surface area is 119 Å². The van der Waals surface area contributed by atoms with E-state index < -0.39 is 0 Å². The molecule has 0 saturated carbocycles. The zero-order chi connectivity index (χ0) is 14.5. The zero-order valence-corrected chi connectivity index (χ0v) is 12.1. The average Bonchev–Trinajstić information content (AvgIpc) is 2.85. The predicted molar refractivity (Wildman–Crippen MR) is 78.7 cm³/mol. The third-order valence-corrected chi connectivity index (χ3v) is 3.25. The summed E-state index contributed by atoms with van der Waals surface area (Å²) < 4.78 is 2.09. The van der Waals surface area contributed by atoms with Gasteiger partial charge in [0.15, 0.2) is 0 Å². The van der Waals surface area contributed by atoms with Crippen molar-refractivity contribution in [3.63, 3.8) is 0 Å². The molecule has 1 heterocycles. The van der Waals surface area contributed by atoms with E-state index in [-0.39, 0.29) is 11.9 Å². The summed E-state index contributed by atoms with van der Waals surface area (Å²) in [7, 11) is 1.64. The average molecular weight is 272 g/mol. The van der Waals surface area contributed by atoms with Crippen LogP contribution in [-0.4, -0.2) is 28.5 Å². The van der Waals surface area contributed by atoms with Gasteiger partial charge in [0.2, 0.25) is 5.91 Å². The Morgan fingerprint density at radius 2 is 2.05 bits per heavy atom. The topological polar surface area (TPSA) is 59.0 Å². The number of likely N-dealkylation sites (N-methyl/N-ethyl adjacent to an activating group) is 1. The molecular formula is C15H20N4O. The molecule has 2 N–H and O–H groups in total. The molecule has 20 heavy (non-hydrogen) atoms. The molecule has 1 unspecified atom stereocenters. The van der Waals surface area contributed by atoms with Crippen molar-refractivity contribution in [2.45, 2.75) is 26.4 Å². The van der Waals surface area contributed by atoms with Crippen LogP contribution in [0.15, 0.2) is 36.5 Å². The second-order valence-electron chi connectivity index (χ2n) is 4.68. The number of aryl methyl sites for hydroxylation is 1. The number of para-hydroxylation sites is 1. The first-order chi connectivity index (χ1) is 9.63. The van der Waals surface area contributed by atoms with E-state index in [1.165, 1.54) is 0 Å². The fraction of sp³-hybridized carbons (Fsp3) is 0.333. The van der Waals surface area contributed by atoms with Gasteiger partial charge in [-0.15, -0.1) is 0 Å². The quantitative estimate of drug-likeness (QED) is 0.865. The Hall–Kier alpha value is -2.14. The number of hydrogen-bond acceptors (Lipinski definition) is 3. The van der Waals surface area contributed by atoms with Gasteiger partial charge in [0.05, 0.1) is 17.9 Å². The molecule has 0 fully saturated rings. The summed E-state index contributed by atoms with van der Waals surface area (Å²) in [6.45, 7) is 4.40. The molecular weight excluding hydrogens is 252 g/mol. The van der Waals surface area contributed by atoms with E-state index in [0.717, 1.165) is 17.2 Å². The Morgan fingerprint density at radius 1 is 1.35 bits per heavy atom. The number of hydrogen-bond donors (Lipinski definition) is 2. The minimum Gasteiger partial charge on any atom is -0.358 e. The van der Waals surface area contributed by atoms with E-state index >= 15 is 0 Å². The fourth-order valence-corrected chi connectivity index (χ4v) is 2.11. The minimum atomic E-state index is -0.237. The second-order valence-corrected chi connectivity index (χ2v) is 4.68. The lowest BCUT2D eigenvalue weighted by Crippen LogP contribution is -2.40. The maximum atomic E-state index is 11.5. The smallest absolute Gasteiger partial charge is 0.236 e. The largest absolute Gasteiger partial charge is 0.358 e. The molecule has 0 bridgehead atoms. The van der Waals surface area contributed by atoms with Crippen molar-refractivity contribution in [2.75, 3.05) is 7.05 Å². The molecule has 5 nitrogen and oxygen atoms in total. The Bertz CT molecular complexity index is 577. The normalized spacial score (nSPS) is 12.2. The van der Waals surface area contributed by atoms with Crippen LogP contribution in [-0.2, 0) is 11.3 Å². The molecule has 2 aromatic rings. The monoisotopic (exact) mass is 272 g/mol. The highest BCUT2D eigenvalue weighted by molar-refractivity contribution is 5.80. The molecule has 0 radical (unpaired) electrons. The molecule has 0 aliphatic rings. The summed E-state index contributed by atoms with van der Waals surface area (Å²) in [6.07, 6.45) is 1.84. The highest BCUT2D eigenvalue weighted by Gasteiger charge is 2.13. The molecule has 1 amide bonds. The molecule has 0 aliphatic carbocycles. The van der Waals surface area contributed by atoms with Crippen molar-refractivity contribution in [2.24, 2.45) is 0 Å². The van der Waals surface area contributed by atoms with Gasteiger partial charge in [0.1, 0.15) is 5.82 Å². The zero-order valence-electron chi connectivity index (χ0n) is 12.1. The molecule has 1 aromatic heterocycles. The molecule has 0 aliphatic heterocycles. The Balaban J connectivity index is 2.16. The first-order valence-electron chi connectivity index (χ1n) is 6.67. The summed E-state index contributed by atoms with van der Waals surface area (Å²) in [4.78, 5) is 15.9. The highest BCUT2D eigenvalue weighted by Crippen LogP contribution is 2.14. The number of nitrogens with zero attached hydrogens (tertiary/aromatic N) is 2. The number of carbonyl (C=O) groups is 1. The Kier molecular flexibility index (Phi) is 4.53. The number of rotatable bonds is 5. The van der Waals surface area contributed by atoms with E-state index in [4.69, 9.17) is 0 Å². The summed E-state index contributed by atoms with van der Waals surface area (Å²) >= 11 is 0. The van der Waals surface area contributed by atoms with Crippen molar-refractivity contribution >= 4 is 5.91 Å². The van der Waals surface area contributed by atoms with Gasteiger partial charge >= 0.3 is 0 Å². The molecule has 5 heteroatoms. The van der Waals surface area contributed by atoms with Crippen LogP contribution in [0.1, 0.15) is 18.4 Å². The summed E-state index contributed by atoms with van der Waals surface area (Å²) in [5.74, 6) is 0.910. The van der Waals surface area contributed by atoms with Gasteiger partial charge in [-0.05, 0) is 26.0 Å². The van der Waals surface area contributed by atoms with Crippen LogP contribution in [0.4, 0.5) is 0 Å². The van der Waals surface area contributed by atoms with Crippen LogP contribution in [0.25, 0.3) is 5.69 Å². The van der Waals surface area contributed by atoms with Crippen LogP contribution in [0.5, 0.6) is 0 Å². The molecule has 2 rings (SSSR count). The molecule has 1 atom stereocenters. The molecule has 0 saturated heterocycles. The fourth-order valence-electron chi connectivity index (χ4n) is 2.11. The van der Waals surface area contributed by atoms with Crippen LogP contribution in [0.3, 0.4) is 0 Å². The number of carbonyl (C=O) groups excluding carboxylic acids is 1. The first kappa shape index (κ1) is 14.3. The van der Waals surface area contributed by atoms with Gasteiger partial charge in [-0.1, -0.05) is 18.2 Å². The van der Waals surface area contributed by atoms with Crippen molar-refractivity contribution in [3.8, 4) is 5.69 Å². The lowest BCUT2D eigenvalue weighted by atomic mass is 10.3. The lowest BCUT2D eigenvalue weighted by molar-refractivity contribution is -0.122. The highest BCUT2D eigenvalue weighted by atomic mass is 16.2. The number of amides is 1. The minimum absolute atomic E-state index is 0.0208. The number of imidazole rings is 1. The number of nitrogens with one attached hydrogen (secondary N) is 2. The van der Waals surface area contributed by atoms with Crippen molar-refractivity contribution < 1.29 is 4.79 Å². The molecule has 106 valence electrons. The van der Waals surface area contributed by atoms with E-state index in [1.54, 1.807) is 7.05 Å². The van der Waals surface area contributed by atoms with E-state index in [9.17, 15) is 4.79 Å². The van der Waals surface area contributed by atoms with E-state index in [0.29, 0.717) is 6.54 Å². The number of benzene rings is 1. The molecule has 1 aromatic carbocycles. The summed E-state index contributed by atoms with van der Waals surface area (Å²) in [5.41, 5.74) is 2.11. The Morgan fingerprint density at radius 3 is 2.70 bits per heavy atom. The summed E-state index contributed by atoms with van der Waals surface area (Å²) in [6, 6.07) is 9.83. The van der Waals surface area contributed by atoms with Gasteiger partial charge in [-0.2, -0.15) is 0 Å². The van der Waals surface area contributed by atoms with Gasteiger partial charge in [-0.25, -0.2) is 4.98 Å². The van der Waals surface area contributed by atoms with E-state index in [2.05, 4.69) is 20.2 Å². The van der Waals surface area contributed by atoms with Crippen LogP contribution < -0.4 is 10.6 Å². The lowest BCUT2D eigenvalue weighted by Gasteiger charge is -2.14. The first-order valence-corrected chi connectivity index (χ1v) is 6.67. The van der Waals surface area contributed by atoms with Crippen LogP contribution >= 0.6 is 0 Å². The van der Waals surface area contributed by atoms with Gasteiger partial charge in [0, 0.05) is 19.3 Å². The standard InChI is InChI=1S/C15H20N4O/c1-11(15(20)16-3)17-9-14-10-18-12(2)19(14)13-7-5-4-6-8-13/h4-8,10-11,17H,9H2,1-3H3,(H,16,20). The predicted octanol–water partition coefficient (Wildman–Crippen LogP) is 1.40. The number of aromatic nitrogens is 2.